The molecule has 0 aliphatic carbocycles. The monoisotopic (exact) mass is 355 g/mol. The number of nitrogens with one attached hydrogen (secondary N) is 2. The maximum Gasteiger partial charge on any atom is 0.305 e. The van der Waals surface area contributed by atoms with Crippen molar-refractivity contribution in [1.82, 2.24) is 5.32 Å². The normalized spacial score (nSPS) is 13.7. The summed E-state index contributed by atoms with van der Waals surface area (Å²) < 4.78 is 4.60. The number of rotatable bonds is 6. The number of hydrogen-bond donors (Lipinski definition) is 2. The Kier molecular flexibility index (Phi) is 6.92. The average Bonchev–Trinajstić information content (AvgIpc) is 3.05. The van der Waals surface area contributed by atoms with Crippen molar-refractivity contribution in [2.45, 2.75) is 25.7 Å². The molecule has 1 fully saturated rings. The van der Waals surface area contributed by atoms with E-state index >= 15 is 0 Å². The Morgan fingerprint density at radius 2 is 2.13 bits per heavy atom. The molecule has 0 aromatic heterocycles. The summed E-state index contributed by atoms with van der Waals surface area (Å²) in [6.45, 7) is 2.71. The highest BCUT2D eigenvalue weighted by Gasteiger charge is 2.16. The van der Waals surface area contributed by atoms with Crippen molar-refractivity contribution in [2.24, 2.45) is 0 Å². The highest BCUT2D eigenvalue weighted by Crippen LogP contribution is 2.31. The first kappa shape index (κ1) is 17.8. The van der Waals surface area contributed by atoms with E-state index in [0.29, 0.717) is 29.5 Å². The molecule has 0 bridgehead atoms. The number of methoxy groups -OCH3 is 1. The highest BCUT2D eigenvalue weighted by atomic mass is 35.5. The van der Waals surface area contributed by atoms with E-state index in [0.717, 1.165) is 24.5 Å². The topological polar surface area (TPSA) is 53.6 Å². The van der Waals surface area contributed by atoms with E-state index in [1.54, 1.807) is 0 Å². The van der Waals surface area contributed by atoms with Gasteiger partial charge in [-0.2, -0.15) is 0 Å². The number of carbonyl (C=O) groups excluding carboxylic acids is 1. The average molecular weight is 356 g/mol. The molecule has 1 aliphatic rings. The van der Waals surface area contributed by atoms with Gasteiger partial charge in [0.05, 0.1) is 18.5 Å². The standard InChI is InChI=1S/C16H22ClN3O2S/c1-22-15(21)5-4-8-18-16(23)19-13-11-12(17)6-7-14(13)20-9-2-3-10-20/h6-7,11H,2-5,8-10H2,1H3,(H2,18,19,23). The van der Waals surface area contributed by atoms with Crippen molar-refractivity contribution in [2.75, 3.05) is 37.0 Å². The van der Waals surface area contributed by atoms with Crippen LogP contribution in [0, 0.1) is 0 Å². The Morgan fingerprint density at radius 3 is 2.83 bits per heavy atom. The number of anilines is 2. The van der Waals surface area contributed by atoms with E-state index in [9.17, 15) is 4.79 Å². The van der Waals surface area contributed by atoms with Gasteiger partial charge in [-0.1, -0.05) is 11.6 Å². The summed E-state index contributed by atoms with van der Waals surface area (Å²) in [5.74, 6) is -0.211. The quantitative estimate of drug-likeness (QED) is 0.464. The van der Waals surface area contributed by atoms with Crippen molar-refractivity contribution in [1.29, 1.82) is 0 Å². The van der Waals surface area contributed by atoms with Crippen LogP contribution in [0.2, 0.25) is 5.02 Å². The minimum absolute atomic E-state index is 0.211. The summed E-state index contributed by atoms with van der Waals surface area (Å²) in [5.41, 5.74) is 2.02. The number of nitrogens with zero attached hydrogens (tertiary/aromatic N) is 1. The first-order valence-electron chi connectivity index (χ1n) is 7.76. The van der Waals surface area contributed by atoms with Crippen LogP contribution >= 0.6 is 23.8 Å². The van der Waals surface area contributed by atoms with E-state index in [-0.39, 0.29) is 5.97 Å². The molecule has 1 heterocycles. The van der Waals surface area contributed by atoms with Crippen LogP contribution in [0.15, 0.2) is 18.2 Å². The van der Waals surface area contributed by atoms with Gasteiger partial charge in [0, 0.05) is 31.1 Å². The molecule has 23 heavy (non-hydrogen) atoms. The molecule has 1 aromatic rings. The number of carbonyl (C=O) groups is 1. The molecular formula is C16H22ClN3O2S. The molecule has 0 radical (unpaired) electrons. The van der Waals surface area contributed by atoms with Crippen LogP contribution in [0.1, 0.15) is 25.7 Å². The van der Waals surface area contributed by atoms with Gasteiger partial charge in [-0.15, -0.1) is 0 Å². The lowest BCUT2D eigenvalue weighted by Gasteiger charge is -2.22. The molecule has 0 atom stereocenters. The Balaban J connectivity index is 1.89. The molecule has 2 N–H and O–H groups in total. The highest BCUT2D eigenvalue weighted by molar-refractivity contribution is 7.80. The number of thiocarbonyl (C=S) groups is 1. The summed E-state index contributed by atoms with van der Waals surface area (Å²) in [6, 6.07) is 5.81. The predicted molar refractivity (Wildman–Crippen MR) is 98.4 cm³/mol. The number of ether oxygens (including phenoxy) is 1. The molecule has 0 unspecified atom stereocenters. The Morgan fingerprint density at radius 1 is 1.39 bits per heavy atom. The Bertz CT molecular complexity index is 562. The molecular weight excluding hydrogens is 334 g/mol. The molecule has 126 valence electrons. The Hall–Kier alpha value is -1.53. The van der Waals surface area contributed by atoms with Crippen LogP contribution in [0.5, 0.6) is 0 Å². The molecule has 0 spiro atoms. The van der Waals surface area contributed by atoms with Crippen molar-refractivity contribution < 1.29 is 9.53 Å². The molecule has 0 saturated carbocycles. The first-order chi connectivity index (χ1) is 11.1. The van der Waals surface area contributed by atoms with Crippen LogP contribution in [0.3, 0.4) is 0 Å². The minimum atomic E-state index is -0.211. The van der Waals surface area contributed by atoms with Gasteiger partial charge in [0.15, 0.2) is 5.11 Å². The Labute approximate surface area is 147 Å². The predicted octanol–water partition coefficient (Wildman–Crippen LogP) is 3.18. The lowest BCUT2D eigenvalue weighted by molar-refractivity contribution is -0.140. The van der Waals surface area contributed by atoms with Crippen LogP contribution in [0.25, 0.3) is 0 Å². The van der Waals surface area contributed by atoms with Crippen LogP contribution in [0.4, 0.5) is 11.4 Å². The van der Waals surface area contributed by atoms with E-state index in [1.807, 2.05) is 18.2 Å². The number of benzene rings is 1. The largest absolute Gasteiger partial charge is 0.469 e. The van der Waals surface area contributed by atoms with Gasteiger partial charge in [0.1, 0.15) is 0 Å². The second-order valence-electron chi connectivity index (χ2n) is 5.42. The number of hydrogen-bond acceptors (Lipinski definition) is 4. The maximum atomic E-state index is 11.1. The lowest BCUT2D eigenvalue weighted by atomic mass is 10.2. The van der Waals surface area contributed by atoms with E-state index in [1.165, 1.54) is 20.0 Å². The fourth-order valence-corrected chi connectivity index (χ4v) is 2.93. The fraction of sp³-hybridized carbons (Fsp3) is 0.500. The van der Waals surface area contributed by atoms with E-state index in [4.69, 9.17) is 23.8 Å². The van der Waals surface area contributed by atoms with Gasteiger partial charge in [0.2, 0.25) is 0 Å². The van der Waals surface area contributed by atoms with Gasteiger partial charge in [-0.25, -0.2) is 0 Å². The summed E-state index contributed by atoms with van der Waals surface area (Å²) in [6.07, 6.45) is 3.46. The van der Waals surface area contributed by atoms with E-state index in [2.05, 4.69) is 20.3 Å². The second-order valence-corrected chi connectivity index (χ2v) is 6.26. The van der Waals surface area contributed by atoms with Gasteiger partial charge < -0.3 is 20.3 Å². The molecule has 5 nitrogen and oxygen atoms in total. The third-order valence-corrected chi connectivity index (χ3v) is 4.21. The van der Waals surface area contributed by atoms with Crippen molar-refractivity contribution in [3.8, 4) is 0 Å². The molecule has 0 amide bonds. The summed E-state index contributed by atoms with van der Waals surface area (Å²) in [4.78, 5) is 13.4. The molecule has 1 aromatic carbocycles. The van der Waals surface area contributed by atoms with Crippen LogP contribution in [-0.2, 0) is 9.53 Å². The minimum Gasteiger partial charge on any atom is -0.469 e. The zero-order valence-electron chi connectivity index (χ0n) is 13.2. The second kappa shape index (κ2) is 8.93. The smallest absolute Gasteiger partial charge is 0.305 e. The van der Waals surface area contributed by atoms with Crippen LogP contribution in [-0.4, -0.2) is 37.8 Å². The molecule has 2 rings (SSSR count). The molecule has 7 heteroatoms. The lowest BCUT2D eigenvalue weighted by Crippen LogP contribution is -2.30. The van der Waals surface area contributed by atoms with Crippen molar-refractivity contribution >= 4 is 46.3 Å². The summed E-state index contributed by atoms with van der Waals surface area (Å²) >= 11 is 11.4. The SMILES string of the molecule is COC(=O)CCCNC(=S)Nc1cc(Cl)ccc1N1CCCC1. The first-order valence-corrected chi connectivity index (χ1v) is 8.55. The third kappa shape index (κ3) is 5.55. The molecule has 1 saturated heterocycles. The van der Waals surface area contributed by atoms with E-state index < -0.39 is 0 Å². The zero-order chi connectivity index (χ0) is 16.7. The van der Waals surface area contributed by atoms with Crippen molar-refractivity contribution in [3.63, 3.8) is 0 Å². The number of esters is 1. The fourth-order valence-electron chi connectivity index (χ4n) is 2.55. The maximum absolute atomic E-state index is 11.1. The van der Waals surface area contributed by atoms with Crippen LogP contribution < -0.4 is 15.5 Å². The molecule has 1 aliphatic heterocycles. The van der Waals surface area contributed by atoms with Gasteiger partial charge in [-0.05, 0) is 49.7 Å². The summed E-state index contributed by atoms with van der Waals surface area (Å²) in [7, 11) is 1.39. The summed E-state index contributed by atoms with van der Waals surface area (Å²) in [5, 5.41) is 7.50. The zero-order valence-corrected chi connectivity index (χ0v) is 14.8. The third-order valence-electron chi connectivity index (χ3n) is 3.72. The van der Waals surface area contributed by atoms with Gasteiger partial charge >= 0.3 is 5.97 Å². The number of halogens is 1. The van der Waals surface area contributed by atoms with Crippen molar-refractivity contribution in [3.05, 3.63) is 23.2 Å². The van der Waals surface area contributed by atoms with Gasteiger partial charge in [-0.3, -0.25) is 4.79 Å². The van der Waals surface area contributed by atoms with Gasteiger partial charge in [0.25, 0.3) is 0 Å².